The van der Waals surface area contributed by atoms with E-state index in [1.54, 1.807) is 19.1 Å². The van der Waals surface area contributed by atoms with Crippen LogP contribution in [0, 0.1) is 23.0 Å². The molecule has 0 fully saturated rings. The molecule has 0 amide bonds. The Kier molecular flexibility index (Phi) is 4.63. The standard InChI is InChI=1S/C13H20N2O2/c1-9(2)12(14)8-7-11-5-4-6-13(10(11)3)15(16)17/h4-6,9,12H,7-8,14H2,1-3H3. The lowest BCUT2D eigenvalue weighted by Gasteiger charge is -2.15. The summed E-state index contributed by atoms with van der Waals surface area (Å²) in [5, 5.41) is 10.8. The Balaban J connectivity index is 2.79. The molecule has 1 rings (SSSR count). The van der Waals surface area contributed by atoms with Gasteiger partial charge in [-0.3, -0.25) is 10.1 Å². The molecule has 4 heteroatoms. The van der Waals surface area contributed by atoms with Crippen molar-refractivity contribution in [3.63, 3.8) is 0 Å². The minimum Gasteiger partial charge on any atom is -0.327 e. The van der Waals surface area contributed by atoms with Crippen molar-refractivity contribution in [2.75, 3.05) is 0 Å². The molecule has 94 valence electrons. The minimum atomic E-state index is -0.332. The van der Waals surface area contributed by atoms with Crippen LogP contribution in [0.3, 0.4) is 0 Å². The molecule has 0 saturated heterocycles. The second-order valence-corrected chi connectivity index (χ2v) is 4.76. The van der Waals surface area contributed by atoms with Crippen LogP contribution in [0.2, 0.25) is 0 Å². The molecular formula is C13H20N2O2. The van der Waals surface area contributed by atoms with E-state index in [0.29, 0.717) is 5.92 Å². The number of rotatable bonds is 5. The summed E-state index contributed by atoms with van der Waals surface area (Å²) in [6.45, 7) is 5.98. The predicted octanol–water partition coefficient (Wildman–Crippen LogP) is 2.82. The first-order valence-corrected chi connectivity index (χ1v) is 5.92. The third kappa shape index (κ3) is 3.53. The van der Waals surface area contributed by atoms with Crippen molar-refractivity contribution in [3.8, 4) is 0 Å². The van der Waals surface area contributed by atoms with Gasteiger partial charge >= 0.3 is 0 Å². The number of aryl methyl sites for hydroxylation is 1. The number of nitro benzene ring substituents is 1. The van der Waals surface area contributed by atoms with Gasteiger partial charge in [-0.25, -0.2) is 0 Å². The molecule has 2 N–H and O–H groups in total. The van der Waals surface area contributed by atoms with Crippen LogP contribution in [-0.2, 0) is 6.42 Å². The second-order valence-electron chi connectivity index (χ2n) is 4.76. The summed E-state index contributed by atoms with van der Waals surface area (Å²) in [5.74, 6) is 0.439. The molecule has 0 saturated carbocycles. The lowest BCUT2D eigenvalue weighted by molar-refractivity contribution is -0.385. The van der Waals surface area contributed by atoms with Gasteiger partial charge in [0.2, 0.25) is 0 Å². The number of nitrogens with two attached hydrogens (primary N) is 1. The van der Waals surface area contributed by atoms with Gasteiger partial charge in [0.15, 0.2) is 0 Å². The molecule has 1 aromatic rings. The molecule has 0 radical (unpaired) electrons. The number of nitro groups is 1. The van der Waals surface area contributed by atoms with E-state index in [1.807, 2.05) is 6.07 Å². The number of hydrogen-bond donors (Lipinski definition) is 1. The highest BCUT2D eigenvalue weighted by Gasteiger charge is 2.14. The Bertz CT molecular complexity index is 402. The zero-order chi connectivity index (χ0) is 13.0. The molecule has 0 aromatic heterocycles. The van der Waals surface area contributed by atoms with Crippen molar-refractivity contribution >= 4 is 5.69 Å². The molecule has 0 spiro atoms. The van der Waals surface area contributed by atoms with Crippen molar-refractivity contribution in [3.05, 3.63) is 39.4 Å². The maximum atomic E-state index is 10.8. The number of nitrogens with zero attached hydrogens (tertiary/aromatic N) is 1. The van der Waals surface area contributed by atoms with Crippen LogP contribution >= 0.6 is 0 Å². The fraction of sp³-hybridized carbons (Fsp3) is 0.538. The topological polar surface area (TPSA) is 69.2 Å². The van der Waals surface area contributed by atoms with Crippen LogP contribution in [0.5, 0.6) is 0 Å². The van der Waals surface area contributed by atoms with Gasteiger partial charge in [0.1, 0.15) is 0 Å². The first kappa shape index (κ1) is 13.6. The molecule has 0 heterocycles. The van der Waals surface area contributed by atoms with Crippen molar-refractivity contribution in [2.24, 2.45) is 11.7 Å². The fourth-order valence-corrected chi connectivity index (χ4v) is 1.79. The Labute approximate surface area is 102 Å². The van der Waals surface area contributed by atoms with Gasteiger partial charge in [-0.1, -0.05) is 26.0 Å². The second kappa shape index (κ2) is 5.77. The van der Waals surface area contributed by atoms with Crippen molar-refractivity contribution in [2.45, 2.75) is 39.7 Å². The highest BCUT2D eigenvalue weighted by atomic mass is 16.6. The quantitative estimate of drug-likeness (QED) is 0.631. The minimum absolute atomic E-state index is 0.147. The van der Waals surface area contributed by atoms with Gasteiger partial charge in [-0.2, -0.15) is 0 Å². The summed E-state index contributed by atoms with van der Waals surface area (Å²) in [4.78, 5) is 10.5. The zero-order valence-electron chi connectivity index (χ0n) is 10.6. The molecule has 0 aliphatic rings. The van der Waals surface area contributed by atoms with Gasteiger partial charge < -0.3 is 5.73 Å². The van der Waals surface area contributed by atoms with Crippen LogP contribution in [0.1, 0.15) is 31.4 Å². The maximum absolute atomic E-state index is 10.8. The van der Waals surface area contributed by atoms with Crippen LogP contribution in [0.4, 0.5) is 5.69 Å². The van der Waals surface area contributed by atoms with Crippen molar-refractivity contribution < 1.29 is 4.92 Å². The van der Waals surface area contributed by atoms with E-state index < -0.39 is 0 Å². The van der Waals surface area contributed by atoms with Crippen LogP contribution < -0.4 is 5.73 Å². The van der Waals surface area contributed by atoms with Gasteiger partial charge in [-0.05, 0) is 31.2 Å². The van der Waals surface area contributed by atoms with E-state index in [-0.39, 0.29) is 16.7 Å². The van der Waals surface area contributed by atoms with Crippen molar-refractivity contribution in [1.29, 1.82) is 0 Å². The Morgan fingerprint density at radius 3 is 2.59 bits per heavy atom. The van der Waals surface area contributed by atoms with E-state index in [2.05, 4.69) is 13.8 Å². The number of benzene rings is 1. The highest BCUT2D eigenvalue weighted by Crippen LogP contribution is 2.22. The third-order valence-electron chi connectivity index (χ3n) is 3.22. The van der Waals surface area contributed by atoms with E-state index in [4.69, 9.17) is 5.73 Å². The molecule has 1 aromatic carbocycles. The Hall–Kier alpha value is -1.42. The molecule has 0 bridgehead atoms. The summed E-state index contributed by atoms with van der Waals surface area (Å²) in [6, 6.07) is 5.37. The first-order chi connectivity index (χ1) is 7.93. The summed E-state index contributed by atoms with van der Waals surface area (Å²) in [7, 11) is 0. The van der Waals surface area contributed by atoms with Crippen LogP contribution in [0.25, 0.3) is 0 Å². The molecule has 1 unspecified atom stereocenters. The summed E-state index contributed by atoms with van der Waals surface area (Å²) >= 11 is 0. The smallest absolute Gasteiger partial charge is 0.272 e. The first-order valence-electron chi connectivity index (χ1n) is 5.92. The highest BCUT2D eigenvalue weighted by molar-refractivity contribution is 5.44. The van der Waals surface area contributed by atoms with E-state index in [1.165, 1.54) is 0 Å². The third-order valence-corrected chi connectivity index (χ3v) is 3.22. The van der Waals surface area contributed by atoms with E-state index in [0.717, 1.165) is 24.0 Å². The number of hydrogen-bond acceptors (Lipinski definition) is 3. The average Bonchev–Trinajstić information content (AvgIpc) is 2.26. The maximum Gasteiger partial charge on any atom is 0.272 e. The normalized spacial score (nSPS) is 12.8. The molecule has 1 atom stereocenters. The summed E-state index contributed by atoms with van der Waals surface area (Å²) in [6.07, 6.45) is 1.66. The Morgan fingerprint density at radius 1 is 1.41 bits per heavy atom. The van der Waals surface area contributed by atoms with Gasteiger partial charge in [0.25, 0.3) is 5.69 Å². The largest absolute Gasteiger partial charge is 0.327 e. The summed E-state index contributed by atoms with van der Waals surface area (Å²) < 4.78 is 0. The van der Waals surface area contributed by atoms with Gasteiger partial charge in [0, 0.05) is 17.7 Å². The zero-order valence-corrected chi connectivity index (χ0v) is 10.6. The SMILES string of the molecule is Cc1c(CCC(N)C(C)C)cccc1[N+](=O)[O-]. The molecule has 4 nitrogen and oxygen atoms in total. The molecule has 17 heavy (non-hydrogen) atoms. The lowest BCUT2D eigenvalue weighted by atomic mass is 9.95. The van der Waals surface area contributed by atoms with Crippen molar-refractivity contribution in [1.82, 2.24) is 0 Å². The van der Waals surface area contributed by atoms with E-state index in [9.17, 15) is 10.1 Å². The lowest BCUT2D eigenvalue weighted by Crippen LogP contribution is -2.26. The monoisotopic (exact) mass is 236 g/mol. The van der Waals surface area contributed by atoms with Gasteiger partial charge in [0.05, 0.1) is 4.92 Å². The molecule has 0 aliphatic heterocycles. The predicted molar refractivity (Wildman–Crippen MR) is 69.0 cm³/mol. The van der Waals surface area contributed by atoms with Crippen LogP contribution in [0.15, 0.2) is 18.2 Å². The van der Waals surface area contributed by atoms with E-state index >= 15 is 0 Å². The fourth-order valence-electron chi connectivity index (χ4n) is 1.79. The van der Waals surface area contributed by atoms with Gasteiger partial charge in [-0.15, -0.1) is 0 Å². The molecule has 0 aliphatic carbocycles. The average molecular weight is 236 g/mol. The summed E-state index contributed by atoms with van der Waals surface area (Å²) in [5.41, 5.74) is 7.95. The van der Waals surface area contributed by atoms with Crippen LogP contribution in [-0.4, -0.2) is 11.0 Å². The Morgan fingerprint density at radius 2 is 2.06 bits per heavy atom. The molecular weight excluding hydrogens is 216 g/mol.